The van der Waals surface area contributed by atoms with Crippen LogP contribution in [0.15, 0.2) is 59.1 Å². The summed E-state index contributed by atoms with van der Waals surface area (Å²) in [6.07, 6.45) is 1.78. The summed E-state index contributed by atoms with van der Waals surface area (Å²) in [5.74, 6) is -0.0580. The van der Waals surface area contributed by atoms with E-state index in [0.29, 0.717) is 0 Å². The molecule has 1 atom stereocenters. The zero-order chi connectivity index (χ0) is 12.1. The maximum absolute atomic E-state index is 11.2. The number of rotatable bonds is 4. The fourth-order valence-corrected chi connectivity index (χ4v) is 2.08. The van der Waals surface area contributed by atoms with Crippen molar-refractivity contribution < 1.29 is 4.79 Å². The summed E-state index contributed by atoms with van der Waals surface area (Å²) in [5.41, 5.74) is 2.25. The van der Waals surface area contributed by atoms with Crippen LogP contribution in [0.1, 0.15) is 17.0 Å². The van der Waals surface area contributed by atoms with Crippen LogP contribution in [0.4, 0.5) is 0 Å². The number of carbonyl (C=O) groups excluding carboxylic acids is 1. The first kappa shape index (κ1) is 12.1. The van der Waals surface area contributed by atoms with Gasteiger partial charge < -0.3 is 4.79 Å². The van der Waals surface area contributed by atoms with Crippen LogP contribution in [0.3, 0.4) is 0 Å². The Morgan fingerprint density at radius 2 is 1.65 bits per heavy atom. The van der Waals surface area contributed by atoms with Crippen LogP contribution in [-0.4, -0.2) is 6.29 Å². The fraction of sp³-hybridized carbons (Fsp3) is 0.133. The van der Waals surface area contributed by atoms with Crippen LogP contribution in [0.25, 0.3) is 0 Å². The van der Waals surface area contributed by atoms with Gasteiger partial charge >= 0.3 is 0 Å². The van der Waals surface area contributed by atoms with Gasteiger partial charge in [0.2, 0.25) is 0 Å². The van der Waals surface area contributed by atoms with E-state index in [-0.39, 0.29) is 5.92 Å². The molecule has 0 aliphatic heterocycles. The molecule has 0 saturated heterocycles. The minimum Gasteiger partial charge on any atom is -0.303 e. The van der Waals surface area contributed by atoms with Gasteiger partial charge in [-0.1, -0.05) is 58.4 Å². The topological polar surface area (TPSA) is 17.1 Å². The average Bonchev–Trinajstić information content (AvgIpc) is 2.39. The molecule has 0 fully saturated rings. The van der Waals surface area contributed by atoms with Crippen LogP contribution in [-0.2, 0) is 11.2 Å². The number of carbonyl (C=O) groups is 1. The summed E-state index contributed by atoms with van der Waals surface area (Å²) in [7, 11) is 0. The van der Waals surface area contributed by atoms with Crippen molar-refractivity contribution in [1.29, 1.82) is 0 Å². The van der Waals surface area contributed by atoms with E-state index in [4.69, 9.17) is 0 Å². The van der Waals surface area contributed by atoms with Gasteiger partial charge in [0.1, 0.15) is 6.29 Å². The van der Waals surface area contributed by atoms with Gasteiger partial charge in [0.05, 0.1) is 0 Å². The Hall–Kier alpha value is -1.41. The molecule has 0 aliphatic rings. The highest BCUT2D eigenvalue weighted by Gasteiger charge is 2.10. The second-order valence-corrected chi connectivity index (χ2v) is 4.90. The van der Waals surface area contributed by atoms with E-state index in [1.807, 2.05) is 54.6 Å². The van der Waals surface area contributed by atoms with Gasteiger partial charge in [-0.25, -0.2) is 0 Å². The molecule has 0 amide bonds. The maximum atomic E-state index is 11.2. The van der Waals surface area contributed by atoms with Gasteiger partial charge in [-0.3, -0.25) is 0 Å². The lowest BCUT2D eigenvalue weighted by molar-refractivity contribution is -0.109. The molecule has 1 unspecified atom stereocenters. The normalized spacial score (nSPS) is 12.1. The third-order valence-corrected chi connectivity index (χ3v) is 3.29. The zero-order valence-electron chi connectivity index (χ0n) is 9.34. The monoisotopic (exact) mass is 288 g/mol. The molecular weight excluding hydrogens is 276 g/mol. The molecule has 17 heavy (non-hydrogen) atoms. The van der Waals surface area contributed by atoms with Gasteiger partial charge in [0.25, 0.3) is 0 Å². The Bertz CT molecular complexity index is 476. The first-order valence-electron chi connectivity index (χ1n) is 5.54. The third kappa shape index (κ3) is 3.27. The number of halogens is 1. The average molecular weight is 289 g/mol. The molecule has 0 spiro atoms. The second kappa shape index (κ2) is 5.78. The van der Waals surface area contributed by atoms with E-state index in [9.17, 15) is 4.79 Å². The summed E-state index contributed by atoms with van der Waals surface area (Å²) in [4.78, 5) is 11.2. The van der Waals surface area contributed by atoms with Crippen molar-refractivity contribution in [3.63, 3.8) is 0 Å². The smallest absolute Gasteiger partial charge is 0.127 e. The minimum absolute atomic E-state index is 0.0580. The number of aldehydes is 1. The molecule has 0 saturated carbocycles. The summed E-state index contributed by atoms with van der Waals surface area (Å²) in [5, 5.41) is 0. The van der Waals surface area contributed by atoms with Crippen molar-refractivity contribution in [2.24, 2.45) is 0 Å². The molecule has 1 nitrogen and oxygen atoms in total. The van der Waals surface area contributed by atoms with Crippen molar-refractivity contribution in [3.8, 4) is 0 Å². The van der Waals surface area contributed by atoms with Crippen molar-refractivity contribution >= 4 is 22.2 Å². The molecule has 86 valence electrons. The van der Waals surface area contributed by atoms with Crippen molar-refractivity contribution in [1.82, 2.24) is 0 Å². The van der Waals surface area contributed by atoms with E-state index in [0.717, 1.165) is 22.7 Å². The summed E-state index contributed by atoms with van der Waals surface area (Å²) in [6.45, 7) is 0. The zero-order valence-corrected chi connectivity index (χ0v) is 10.9. The van der Waals surface area contributed by atoms with Crippen LogP contribution in [0.5, 0.6) is 0 Å². The molecule has 0 bridgehead atoms. The van der Waals surface area contributed by atoms with Gasteiger partial charge in [-0.2, -0.15) is 0 Å². The lowest BCUT2D eigenvalue weighted by atomic mass is 9.93. The largest absolute Gasteiger partial charge is 0.303 e. The van der Waals surface area contributed by atoms with E-state index in [2.05, 4.69) is 15.9 Å². The molecule has 0 aliphatic carbocycles. The molecular formula is C15H13BrO. The van der Waals surface area contributed by atoms with Crippen LogP contribution >= 0.6 is 15.9 Å². The molecule has 0 heterocycles. The quantitative estimate of drug-likeness (QED) is 0.778. The molecule has 2 heteroatoms. The Morgan fingerprint density at radius 1 is 1.00 bits per heavy atom. The van der Waals surface area contributed by atoms with Crippen LogP contribution in [0.2, 0.25) is 0 Å². The lowest BCUT2D eigenvalue weighted by Gasteiger charge is -2.10. The van der Waals surface area contributed by atoms with E-state index >= 15 is 0 Å². The molecule has 0 aromatic heterocycles. The highest BCUT2D eigenvalue weighted by molar-refractivity contribution is 9.10. The number of hydrogen-bond acceptors (Lipinski definition) is 1. The maximum Gasteiger partial charge on any atom is 0.127 e. The van der Waals surface area contributed by atoms with Crippen molar-refractivity contribution in [2.45, 2.75) is 12.3 Å². The van der Waals surface area contributed by atoms with E-state index in [1.165, 1.54) is 5.56 Å². The summed E-state index contributed by atoms with van der Waals surface area (Å²) < 4.78 is 1.06. The summed E-state index contributed by atoms with van der Waals surface area (Å²) >= 11 is 3.40. The van der Waals surface area contributed by atoms with E-state index in [1.54, 1.807) is 0 Å². The predicted molar refractivity (Wildman–Crippen MR) is 73.1 cm³/mol. The summed E-state index contributed by atoms with van der Waals surface area (Å²) in [6, 6.07) is 18.0. The van der Waals surface area contributed by atoms with Gasteiger partial charge in [-0.05, 0) is 29.7 Å². The third-order valence-electron chi connectivity index (χ3n) is 2.76. The van der Waals surface area contributed by atoms with E-state index < -0.39 is 0 Å². The minimum atomic E-state index is -0.0580. The van der Waals surface area contributed by atoms with Crippen LogP contribution < -0.4 is 0 Å². The standard InChI is InChI=1S/C15H13BrO/c16-15-8-6-12(7-9-15)10-14(11-17)13-4-2-1-3-5-13/h1-9,11,14H,10H2. The molecule has 2 aromatic carbocycles. The Kier molecular flexibility index (Phi) is 4.10. The molecule has 0 radical (unpaired) electrons. The number of benzene rings is 2. The van der Waals surface area contributed by atoms with Crippen molar-refractivity contribution in [3.05, 3.63) is 70.2 Å². The SMILES string of the molecule is O=CC(Cc1ccc(Br)cc1)c1ccccc1. The Balaban J connectivity index is 2.16. The lowest BCUT2D eigenvalue weighted by Crippen LogP contribution is -2.04. The van der Waals surface area contributed by atoms with Crippen molar-refractivity contribution in [2.75, 3.05) is 0 Å². The second-order valence-electron chi connectivity index (χ2n) is 3.98. The first-order valence-corrected chi connectivity index (χ1v) is 6.33. The Labute approximate surface area is 110 Å². The molecule has 2 rings (SSSR count). The number of hydrogen-bond donors (Lipinski definition) is 0. The highest BCUT2D eigenvalue weighted by atomic mass is 79.9. The van der Waals surface area contributed by atoms with Gasteiger partial charge in [-0.15, -0.1) is 0 Å². The first-order chi connectivity index (χ1) is 8.29. The van der Waals surface area contributed by atoms with Crippen LogP contribution in [0, 0.1) is 0 Å². The predicted octanol–water partition coefficient (Wildman–Crippen LogP) is 3.97. The Morgan fingerprint density at radius 3 is 2.24 bits per heavy atom. The molecule has 0 N–H and O–H groups in total. The molecule has 2 aromatic rings. The van der Waals surface area contributed by atoms with Gasteiger partial charge in [0.15, 0.2) is 0 Å². The van der Waals surface area contributed by atoms with Gasteiger partial charge in [0, 0.05) is 10.4 Å². The fourth-order valence-electron chi connectivity index (χ4n) is 1.82. The highest BCUT2D eigenvalue weighted by Crippen LogP contribution is 2.20.